The Kier molecular flexibility index (Phi) is 7.84. The number of ether oxygens (including phenoxy) is 2. The molecule has 0 spiro atoms. The number of benzene rings is 1. The summed E-state index contributed by atoms with van der Waals surface area (Å²) >= 11 is 1.83. The van der Waals surface area contributed by atoms with E-state index in [1.807, 2.05) is 30.0 Å². The average Bonchev–Trinajstić information content (AvgIpc) is 2.45. The highest BCUT2D eigenvalue weighted by atomic mass is 32.2. The first-order valence-corrected chi connectivity index (χ1v) is 7.47. The summed E-state index contributed by atoms with van der Waals surface area (Å²) in [6.45, 7) is 0.780. The summed E-state index contributed by atoms with van der Waals surface area (Å²) in [6, 6.07) is 5.83. The van der Waals surface area contributed by atoms with Gasteiger partial charge in [-0.3, -0.25) is 0 Å². The molecule has 1 aromatic rings. The quantitative estimate of drug-likeness (QED) is 0.560. The van der Waals surface area contributed by atoms with Crippen LogP contribution >= 0.6 is 11.8 Å². The molecule has 0 aromatic heterocycles. The van der Waals surface area contributed by atoms with Crippen molar-refractivity contribution in [3.05, 3.63) is 35.4 Å². The third-order valence-electron chi connectivity index (χ3n) is 2.61. The van der Waals surface area contributed by atoms with Crippen molar-refractivity contribution in [2.24, 2.45) is 0 Å². The molecule has 0 heterocycles. The Morgan fingerprint density at radius 1 is 1.40 bits per heavy atom. The van der Waals surface area contributed by atoms with Gasteiger partial charge >= 0.3 is 5.97 Å². The van der Waals surface area contributed by atoms with Gasteiger partial charge in [-0.05, 0) is 35.9 Å². The molecule has 5 heteroatoms. The number of rotatable bonds is 9. The number of carbonyl (C=O) groups is 1. The number of methoxy groups -OCH3 is 2. The molecule has 0 aliphatic heterocycles. The molecule has 1 N–H and O–H groups in total. The Hall–Kier alpha value is -1.46. The van der Waals surface area contributed by atoms with Crippen LogP contribution in [0.3, 0.4) is 0 Å². The number of carboxylic acids is 1. The van der Waals surface area contributed by atoms with Gasteiger partial charge < -0.3 is 14.6 Å². The summed E-state index contributed by atoms with van der Waals surface area (Å²) in [4.78, 5) is 10.6. The largest absolute Gasteiger partial charge is 0.496 e. The van der Waals surface area contributed by atoms with E-state index in [0.29, 0.717) is 5.75 Å². The van der Waals surface area contributed by atoms with E-state index in [1.54, 1.807) is 20.3 Å². The molecule has 1 aromatic carbocycles. The first kappa shape index (κ1) is 16.6. The second kappa shape index (κ2) is 9.44. The molecular formula is C15H20O4S. The smallest absolute Gasteiger partial charge is 0.328 e. The number of hydrogen-bond acceptors (Lipinski definition) is 4. The predicted octanol–water partition coefficient (Wildman–Crippen LogP) is 3.06. The van der Waals surface area contributed by atoms with E-state index < -0.39 is 5.97 Å². The topological polar surface area (TPSA) is 55.8 Å². The molecule has 0 bridgehead atoms. The summed E-state index contributed by atoms with van der Waals surface area (Å²) in [5, 5.41) is 8.69. The van der Waals surface area contributed by atoms with Crippen LogP contribution in [0.15, 0.2) is 24.3 Å². The Balaban J connectivity index is 2.64. The average molecular weight is 296 g/mol. The molecule has 0 saturated heterocycles. The SMILES string of the molecule is COCCCSCc1ccc(OC)c(C=CC(=O)O)c1. The Morgan fingerprint density at radius 3 is 2.85 bits per heavy atom. The van der Waals surface area contributed by atoms with E-state index in [1.165, 1.54) is 0 Å². The van der Waals surface area contributed by atoms with Crippen molar-refractivity contribution in [3.8, 4) is 5.75 Å². The van der Waals surface area contributed by atoms with Crippen LogP contribution in [0, 0.1) is 0 Å². The van der Waals surface area contributed by atoms with Gasteiger partial charge in [0.1, 0.15) is 5.75 Å². The Bertz CT molecular complexity index is 457. The van der Waals surface area contributed by atoms with Crippen LogP contribution in [0.2, 0.25) is 0 Å². The predicted molar refractivity (Wildman–Crippen MR) is 82.3 cm³/mol. The van der Waals surface area contributed by atoms with Crippen LogP contribution in [-0.4, -0.2) is 37.7 Å². The summed E-state index contributed by atoms with van der Waals surface area (Å²) in [5.74, 6) is 1.64. The zero-order valence-corrected chi connectivity index (χ0v) is 12.6. The maximum absolute atomic E-state index is 10.6. The maximum atomic E-state index is 10.6. The first-order chi connectivity index (χ1) is 9.67. The minimum Gasteiger partial charge on any atom is -0.496 e. The third kappa shape index (κ3) is 6.12. The van der Waals surface area contributed by atoms with Crippen LogP contribution in [0.1, 0.15) is 17.5 Å². The van der Waals surface area contributed by atoms with Gasteiger partial charge in [-0.1, -0.05) is 6.07 Å². The van der Waals surface area contributed by atoms with Crippen molar-refractivity contribution in [3.63, 3.8) is 0 Å². The summed E-state index contributed by atoms with van der Waals surface area (Å²) in [5.41, 5.74) is 1.93. The second-order valence-corrected chi connectivity index (χ2v) is 5.25. The van der Waals surface area contributed by atoms with E-state index in [-0.39, 0.29) is 0 Å². The van der Waals surface area contributed by atoms with Crippen molar-refractivity contribution in [2.75, 3.05) is 26.6 Å². The highest BCUT2D eigenvalue weighted by molar-refractivity contribution is 7.98. The van der Waals surface area contributed by atoms with Crippen molar-refractivity contribution < 1.29 is 19.4 Å². The number of carboxylic acid groups (broad SMARTS) is 1. The fraction of sp³-hybridized carbons (Fsp3) is 0.400. The van der Waals surface area contributed by atoms with Crippen molar-refractivity contribution in [2.45, 2.75) is 12.2 Å². The standard InChI is InChI=1S/C15H20O4S/c1-18-8-3-9-20-11-12-4-6-14(19-2)13(10-12)5-7-15(16)17/h4-7,10H,3,8-9,11H2,1-2H3,(H,16,17). The lowest BCUT2D eigenvalue weighted by Crippen LogP contribution is -1.93. The molecule has 20 heavy (non-hydrogen) atoms. The van der Waals surface area contributed by atoms with Crippen LogP contribution in [0.25, 0.3) is 6.08 Å². The minimum atomic E-state index is -0.966. The highest BCUT2D eigenvalue weighted by Gasteiger charge is 2.03. The lowest BCUT2D eigenvalue weighted by molar-refractivity contribution is -0.131. The van der Waals surface area contributed by atoms with Crippen LogP contribution < -0.4 is 4.74 Å². The van der Waals surface area contributed by atoms with Crippen LogP contribution in [0.5, 0.6) is 5.75 Å². The fourth-order valence-corrected chi connectivity index (χ4v) is 2.54. The molecule has 0 radical (unpaired) electrons. The van der Waals surface area contributed by atoms with Crippen LogP contribution in [0.4, 0.5) is 0 Å². The zero-order valence-electron chi connectivity index (χ0n) is 11.8. The minimum absolute atomic E-state index is 0.677. The van der Waals surface area contributed by atoms with Crippen molar-refractivity contribution >= 4 is 23.8 Å². The molecular weight excluding hydrogens is 276 g/mol. The normalized spacial score (nSPS) is 10.9. The van der Waals surface area contributed by atoms with Gasteiger partial charge in [0.2, 0.25) is 0 Å². The first-order valence-electron chi connectivity index (χ1n) is 6.32. The van der Waals surface area contributed by atoms with Gasteiger partial charge in [0.05, 0.1) is 7.11 Å². The van der Waals surface area contributed by atoms with Gasteiger partial charge in [0.15, 0.2) is 0 Å². The van der Waals surface area contributed by atoms with Gasteiger partial charge in [0.25, 0.3) is 0 Å². The molecule has 0 aliphatic rings. The van der Waals surface area contributed by atoms with Gasteiger partial charge in [-0.2, -0.15) is 11.8 Å². The van der Waals surface area contributed by atoms with Gasteiger partial charge in [-0.25, -0.2) is 4.79 Å². The molecule has 0 aliphatic carbocycles. The molecule has 110 valence electrons. The van der Waals surface area contributed by atoms with Gasteiger partial charge in [-0.15, -0.1) is 0 Å². The molecule has 1 rings (SSSR count). The summed E-state index contributed by atoms with van der Waals surface area (Å²) < 4.78 is 10.2. The molecule has 0 saturated carbocycles. The van der Waals surface area contributed by atoms with E-state index in [2.05, 4.69) is 0 Å². The second-order valence-electron chi connectivity index (χ2n) is 4.15. The third-order valence-corrected chi connectivity index (χ3v) is 3.72. The monoisotopic (exact) mass is 296 g/mol. The lowest BCUT2D eigenvalue weighted by Gasteiger charge is -2.08. The Morgan fingerprint density at radius 2 is 2.20 bits per heavy atom. The summed E-state index contributed by atoms with van der Waals surface area (Å²) in [7, 11) is 3.28. The Labute approximate surface area is 123 Å². The van der Waals surface area contributed by atoms with E-state index in [9.17, 15) is 4.79 Å². The van der Waals surface area contributed by atoms with Crippen molar-refractivity contribution in [1.82, 2.24) is 0 Å². The van der Waals surface area contributed by atoms with Crippen molar-refractivity contribution in [1.29, 1.82) is 0 Å². The molecule has 0 amide bonds. The maximum Gasteiger partial charge on any atom is 0.328 e. The molecule has 0 fully saturated rings. The molecule has 0 unspecified atom stereocenters. The summed E-state index contributed by atoms with van der Waals surface area (Å²) in [6.07, 6.45) is 3.71. The zero-order chi connectivity index (χ0) is 14.8. The van der Waals surface area contributed by atoms with Gasteiger partial charge in [0, 0.05) is 31.1 Å². The van der Waals surface area contributed by atoms with E-state index in [0.717, 1.165) is 41.7 Å². The fourth-order valence-electron chi connectivity index (χ4n) is 1.66. The number of hydrogen-bond donors (Lipinski definition) is 1. The lowest BCUT2D eigenvalue weighted by atomic mass is 10.1. The molecule has 0 atom stereocenters. The van der Waals surface area contributed by atoms with E-state index in [4.69, 9.17) is 14.6 Å². The van der Waals surface area contributed by atoms with E-state index >= 15 is 0 Å². The van der Waals surface area contributed by atoms with Crippen LogP contribution in [-0.2, 0) is 15.3 Å². The number of aliphatic carboxylic acids is 1. The highest BCUT2D eigenvalue weighted by Crippen LogP contribution is 2.24. The number of thioether (sulfide) groups is 1. The molecule has 4 nitrogen and oxygen atoms in total.